The molecule has 48 heavy (non-hydrogen) atoms. The zero-order chi connectivity index (χ0) is 34.8. The van der Waals surface area contributed by atoms with Gasteiger partial charge in [-0.05, 0) is 6.07 Å². The molecule has 0 saturated carbocycles. The van der Waals surface area contributed by atoms with E-state index in [-0.39, 0.29) is 42.5 Å². The summed E-state index contributed by atoms with van der Waals surface area (Å²) in [6, 6.07) is 1.35. The van der Waals surface area contributed by atoms with E-state index in [1.165, 1.54) is 37.4 Å². The largest absolute Gasteiger partial charge is 0.790 e. The third-order valence-electron chi connectivity index (χ3n) is 7.27. The molecule has 5 rings (SSSR count). The lowest BCUT2D eigenvalue weighted by molar-refractivity contribution is -0.343. The van der Waals surface area contributed by atoms with Crippen LogP contribution in [-0.2, 0) is 41.6 Å². The molecule has 8 atom stereocenters. The first-order chi connectivity index (χ1) is 22.7. The Morgan fingerprint density at radius 3 is 2.56 bits per heavy atom. The maximum absolute atomic E-state index is 14.2. The van der Waals surface area contributed by atoms with E-state index in [9.17, 15) is 33.6 Å². The third-order valence-corrected chi connectivity index (χ3v) is 9.36. The molecule has 2 aliphatic heterocycles. The first kappa shape index (κ1) is 36.1. The number of rotatable bonds is 15. The number of ether oxygens (including phenoxy) is 4. The number of aromatic amines is 1. The number of nitrogens with zero attached hydrogens (tertiary/aromatic N) is 5. The van der Waals surface area contributed by atoms with Crippen molar-refractivity contribution in [3.8, 4) is 0 Å². The number of aliphatic hydroxyl groups is 1. The second kappa shape index (κ2) is 14.8. The lowest BCUT2D eigenvalue weighted by Gasteiger charge is -2.32. The van der Waals surface area contributed by atoms with Crippen LogP contribution in [-0.4, -0.2) is 105 Å². The molecule has 266 valence electrons. The standard InChI is InChI=1S/C23H35N9O14P2/c1-40-6-4-27-47(36,42-8-11-7-12(33)20(44-11)31-5-3-14(24)28-23(31)35)46-16-13(9-43-48(37,38)39)45-21(17(16)41-2)32-10-26-15-18(32)29-22(25)30-19(15)34/h3,5,10-13,16-17,20-21,33H,4,6-9H2,1-2H3,(H,27,36)(H2,24,28,35)(H2,37,38,39)(H3,25,29,30,34)/p-2/t11-,12+,13+,16+,17+,20+,21+,47+/m0/s1. The molecule has 3 aromatic heterocycles. The number of nitrogens with one attached hydrogen (secondary N) is 2. The Morgan fingerprint density at radius 1 is 1.10 bits per heavy atom. The molecule has 0 spiro atoms. The summed E-state index contributed by atoms with van der Waals surface area (Å²) >= 11 is 0. The number of nitrogen functional groups attached to an aromatic ring is 2. The number of nitrogens with two attached hydrogens (primary N) is 2. The quantitative estimate of drug-likeness (QED) is 0.0757. The van der Waals surface area contributed by atoms with Crippen LogP contribution in [0.1, 0.15) is 18.9 Å². The molecule has 2 saturated heterocycles. The summed E-state index contributed by atoms with van der Waals surface area (Å²) in [4.78, 5) is 61.5. The van der Waals surface area contributed by atoms with Gasteiger partial charge in [0.2, 0.25) is 5.95 Å². The number of phosphoric ester groups is 1. The summed E-state index contributed by atoms with van der Waals surface area (Å²) in [6.45, 7) is -1.35. The van der Waals surface area contributed by atoms with E-state index < -0.39 is 83.0 Å². The highest BCUT2D eigenvalue weighted by molar-refractivity contribution is 7.51. The first-order valence-electron chi connectivity index (χ1n) is 14.1. The Morgan fingerprint density at radius 2 is 1.88 bits per heavy atom. The van der Waals surface area contributed by atoms with E-state index in [1.54, 1.807) is 0 Å². The number of H-pyrrole nitrogens is 1. The number of methoxy groups -OCH3 is 2. The fourth-order valence-corrected chi connectivity index (χ4v) is 7.04. The fraction of sp³-hybridized carbons (Fsp3) is 0.609. The number of aromatic nitrogens is 6. The van der Waals surface area contributed by atoms with Gasteiger partial charge in [0.1, 0.15) is 30.2 Å². The lowest BCUT2D eigenvalue weighted by atomic mass is 10.1. The highest BCUT2D eigenvalue weighted by Crippen LogP contribution is 2.50. The third kappa shape index (κ3) is 8.17. The van der Waals surface area contributed by atoms with E-state index in [1.807, 2.05) is 0 Å². The van der Waals surface area contributed by atoms with Crippen LogP contribution in [0.5, 0.6) is 0 Å². The van der Waals surface area contributed by atoms with Gasteiger partial charge in [0.05, 0.1) is 40.1 Å². The highest BCUT2D eigenvalue weighted by Gasteiger charge is 2.51. The molecule has 2 fully saturated rings. The summed E-state index contributed by atoms with van der Waals surface area (Å²) in [5, 5.41) is 13.2. The van der Waals surface area contributed by atoms with Crippen molar-refractivity contribution in [3.63, 3.8) is 0 Å². The van der Waals surface area contributed by atoms with Crippen molar-refractivity contribution in [3.05, 3.63) is 39.4 Å². The van der Waals surface area contributed by atoms with Gasteiger partial charge in [0, 0.05) is 33.4 Å². The molecule has 0 amide bonds. The molecule has 7 N–H and O–H groups in total. The van der Waals surface area contributed by atoms with Crippen molar-refractivity contribution in [2.45, 2.75) is 49.4 Å². The molecular weight excluding hydrogens is 688 g/mol. The number of anilines is 2. The second-order valence-corrected chi connectivity index (χ2v) is 13.5. The van der Waals surface area contributed by atoms with Crippen LogP contribution in [0.2, 0.25) is 0 Å². The highest BCUT2D eigenvalue weighted by atomic mass is 31.2. The topological polar surface area (TPSA) is 328 Å². The van der Waals surface area contributed by atoms with Crippen LogP contribution < -0.4 is 37.6 Å². The Labute approximate surface area is 270 Å². The first-order valence-corrected chi connectivity index (χ1v) is 17.1. The summed E-state index contributed by atoms with van der Waals surface area (Å²) in [5.74, 6) is -0.268. The van der Waals surface area contributed by atoms with Crippen LogP contribution in [0.4, 0.5) is 11.8 Å². The van der Waals surface area contributed by atoms with Gasteiger partial charge in [-0.1, -0.05) is 0 Å². The number of hydrogen-bond donors (Lipinski definition) is 5. The molecule has 2 aliphatic rings. The molecule has 0 radical (unpaired) electrons. The molecule has 0 aliphatic carbocycles. The number of imidazole rings is 1. The summed E-state index contributed by atoms with van der Waals surface area (Å²) < 4.78 is 66.4. The van der Waals surface area contributed by atoms with Crippen LogP contribution in [0.15, 0.2) is 28.2 Å². The van der Waals surface area contributed by atoms with Crippen molar-refractivity contribution in [1.29, 1.82) is 0 Å². The van der Waals surface area contributed by atoms with Crippen molar-refractivity contribution < 1.29 is 56.5 Å². The van der Waals surface area contributed by atoms with Gasteiger partial charge in [0.25, 0.3) is 5.56 Å². The molecule has 5 heterocycles. The molecule has 0 unspecified atom stereocenters. The number of hydrogen-bond acceptors (Lipinski definition) is 19. The van der Waals surface area contributed by atoms with Crippen LogP contribution in [0, 0.1) is 0 Å². The summed E-state index contributed by atoms with van der Waals surface area (Å²) in [6.07, 6.45) is -6.20. The van der Waals surface area contributed by atoms with Crippen molar-refractivity contribution >= 4 is 38.5 Å². The average Bonchev–Trinajstić information content (AvgIpc) is 3.69. The van der Waals surface area contributed by atoms with Crippen LogP contribution in [0.25, 0.3) is 11.2 Å². The number of aliphatic hydroxyl groups excluding tert-OH is 1. The van der Waals surface area contributed by atoms with E-state index in [2.05, 4.69) is 29.5 Å². The maximum Gasteiger partial charge on any atom is 0.406 e. The van der Waals surface area contributed by atoms with Gasteiger partial charge in [-0.25, -0.2) is 19.4 Å². The van der Waals surface area contributed by atoms with E-state index in [0.29, 0.717) is 0 Å². The second-order valence-electron chi connectivity index (χ2n) is 10.5. The summed E-state index contributed by atoms with van der Waals surface area (Å²) in [7, 11) is -7.33. The van der Waals surface area contributed by atoms with Gasteiger partial charge in [-0.2, -0.15) is 9.97 Å². The Balaban J connectivity index is 1.40. The monoisotopic (exact) mass is 721 g/mol. The maximum atomic E-state index is 14.2. The minimum atomic E-state index is -5.53. The van der Waals surface area contributed by atoms with Gasteiger partial charge < -0.3 is 54.4 Å². The zero-order valence-electron chi connectivity index (χ0n) is 25.3. The SMILES string of the molecule is COCCN[P@@](=O)(OC[C@@H]1C[C@@H](O)[C@H](n2ccc(N)nc2=O)O1)O[C@H]1[C@@H](OC)[C@H](n2cnc3c(=O)[nH]c(N)nc32)O[C@@H]1COP(=O)([O-])[O-]. The number of phosphoric acid groups is 1. The fourth-order valence-electron chi connectivity index (χ4n) is 5.18. The van der Waals surface area contributed by atoms with Crippen LogP contribution >= 0.6 is 15.6 Å². The van der Waals surface area contributed by atoms with Crippen molar-refractivity contribution in [2.24, 2.45) is 0 Å². The Bertz CT molecular complexity index is 1800. The number of fused-ring (bicyclic) bond motifs is 1. The van der Waals surface area contributed by atoms with Gasteiger partial charge in [-0.15, -0.1) is 0 Å². The smallest absolute Gasteiger partial charge is 0.406 e. The minimum Gasteiger partial charge on any atom is -0.790 e. The van der Waals surface area contributed by atoms with E-state index in [4.69, 9.17) is 39.5 Å². The molecule has 0 aromatic carbocycles. The van der Waals surface area contributed by atoms with Crippen molar-refractivity contribution in [2.75, 3.05) is 52.1 Å². The minimum absolute atomic E-state index is 0.0244. The molecule has 3 aromatic rings. The Hall–Kier alpha value is -3.15. The average molecular weight is 722 g/mol. The molecule has 25 heteroatoms. The van der Waals surface area contributed by atoms with Gasteiger partial charge >= 0.3 is 13.4 Å². The molecule has 23 nitrogen and oxygen atoms in total. The molecular formula is C23H33N9O14P2-2. The summed E-state index contributed by atoms with van der Waals surface area (Å²) in [5.41, 5.74) is 9.67. The predicted molar refractivity (Wildman–Crippen MR) is 157 cm³/mol. The van der Waals surface area contributed by atoms with E-state index >= 15 is 0 Å². The van der Waals surface area contributed by atoms with Gasteiger partial charge in [-0.3, -0.25) is 28.0 Å². The lowest BCUT2D eigenvalue weighted by Crippen LogP contribution is -2.39. The van der Waals surface area contributed by atoms with Crippen molar-refractivity contribution in [1.82, 2.24) is 34.2 Å². The molecule has 0 bridgehead atoms. The predicted octanol–water partition coefficient (Wildman–Crippen LogP) is -3.31. The van der Waals surface area contributed by atoms with Crippen LogP contribution in [0.3, 0.4) is 0 Å². The van der Waals surface area contributed by atoms with Gasteiger partial charge in [0.15, 0.2) is 23.6 Å². The zero-order valence-corrected chi connectivity index (χ0v) is 27.1. The normalized spacial score (nSPS) is 27.5. The Kier molecular flexibility index (Phi) is 11.1. The van der Waals surface area contributed by atoms with E-state index in [0.717, 1.165) is 4.57 Å².